The Morgan fingerprint density at radius 2 is 2.47 bits per heavy atom. The van der Waals surface area contributed by atoms with Crippen molar-refractivity contribution in [2.24, 2.45) is 5.73 Å². The van der Waals surface area contributed by atoms with Gasteiger partial charge in [0.25, 0.3) is 0 Å². The van der Waals surface area contributed by atoms with Crippen molar-refractivity contribution in [2.45, 2.75) is 31.7 Å². The molecule has 0 spiro atoms. The van der Waals surface area contributed by atoms with Gasteiger partial charge in [-0.1, -0.05) is 6.07 Å². The highest BCUT2D eigenvalue weighted by Gasteiger charge is 2.29. The molecule has 0 radical (unpaired) electrons. The molecular weight excluding hydrogens is 214 g/mol. The van der Waals surface area contributed by atoms with Gasteiger partial charge in [0.15, 0.2) is 0 Å². The van der Waals surface area contributed by atoms with Crippen molar-refractivity contribution in [1.82, 2.24) is 9.88 Å². The summed E-state index contributed by atoms with van der Waals surface area (Å²) in [4.78, 5) is 18.1. The minimum absolute atomic E-state index is 0.217. The number of carbonyl (C=O) groups excluding carboxylic acids is 1. The van der Waals surface area contributed by atoms with E-state index in [1.165, 1.54) is 0 Å². The van der Waals surface area contributed by atoms with Crippen molar-refractivity contribution in [3.8, 4) is 0 Å². The second-order valence-corrected chi connectivity index (χ2v) is 4.42. The van der Waals surface area contributed by atoms with E-state index in [0.29, 0.717) is 13.0 Å². The molecule has 2 rings (SSSR count). The molecule has 0 aliphatic carbocycles. The van der Waals surface area contributed by atoms with E-state index in [2.05, 4.69) is 4.98 Å². The third kappa shape index (κ3) is 2.82. The van der Waals surface area contributed by atoms with Crippen molar-refractivity contribution in [3.05, 3.63) is 30.1 Å². The molecule has 4 heteroatoms. The van der Waals surface area contributed by atoms with Crippen molar-refractivity contribution in [3.63, 3.8) is 0 Å². The molecule has 1 aromatic heterocycles. The third-order valence-electron chi connectivity index (χ3n) is 3.24. The normalized spacial score (nSPS) is 19.6. The summed E-state index contributed by atoms with van der Waals surface area (Å²) in [5.74, 6) is 0.224. The van der Waals surface area contributed by atoms with Crippen molar-refractivity contribution < 1.29 is 4.79 Å². The molecule has 1 unspecified atom stereocenters. The number of aromatic nitrogens is 1. The van der Waals surface area contributed by atoms with Crippen LogP contribution in [0.3, 0.4) is 0 Å². The van der Waals surface area contributed by atoms with Crippen LogP contribution in [0.5, 0.6) is 0 Å². The topological polar surface area (TPSA) is 59.2 Å². The number of amides is 1. The number of nitrogens with two attached hydrogens (primary N) is 1. The van der Waals surface area contributed by atoms with Crippen LogP contribution in [-0.2, 0) is 4.79 Å². The first-order valence-electron chi connectivity index (χ1n) is 6.22. The monoisotopic (exact) mass is 233 g/mol. The maximum atomic E-state index is 12.0. The van der Waals surface area contributed by atoms with Gasteiger partial charge in [-0.25, -0.2) is 0 Å². The lowest BCUT2D eigenvalue weighted by Crippen LogP contribution is -2.30. The largest absolute Gasteiger partial charge is 0.336 e. The van der Waals surface area contributed by atoms with Crippen LogP contribution in [0, 0.1) is 0 Å². The van der Waals surface area contributed by atoms with Gasteiger partial charge >= 0.3 is 0 Å². The zero-order valence-electron chi connectivity index (χ0n) is 10.0. The second-order valence-electron chi connectivity index (χ2n) is 4.42. The van der Waals surface area contributed by atoms with E-state index in [1.807, 2.05) is 23.2 Å². The van der Waals surface area contributed by atoms with Gasteiger partial charge in [-0.05, 0) is 37.4 Å². The summed E-state index contributed by atoms with van der Waals surface area (Å²) < 4.78 is 0. The predicted molar refractivity (Wildman–Crippen MR) is 66.2 cm³/mol. The van der Waals surface area contributed by atoms with E-state index in [0.717, 1.165) is 31.4 Å². The summed E-state index contributed by atoms with van der Waals surface area (Å²) in [6, 6.07) is 4.19. The Hall–Kier alpha value is -1.42. The van der Waals surface area contributed by atoms with Gasteiger partial charge in [0.1, 0.15) is 0 Å². The van der Waals surface area contributed by atoms with Crippen molar-refractivity contribution in [2.75, 3.05) is 13.1 Å². The molecule has 1 aliphatic heterocycles. The first kappa shape index (κ1) is 12.0. The minimum atomic E-state index is 0.217. The Morgan fingerprint density at radius 3 is 3.18 bits per heavy atom. The van der Waals surface area contributed by atoms with Crippen molar-refractivity contribution in [1.29, 1.82) is 0 Å². The molecule has 1 atom stereocenters. The Bertz CT molecular complexity index is 366. The standard InChI is InChI=1S/C13H19N3O/c14-7-1-6-13(17)16-9-3-5-12(16)11-4-2-8-15-10-11/h2,4,8,10,12H,1,3,5-7,9,14H2. The number of pyridine rings is 1. The lowest BCUT2D eigenvalue weighted by molar-refractivity contribution is -0.132. The molecule has 1 amide bonds. The SMILES string of the molecule is NCCCC(=O)N1CCCC1c1cccnc1. The maximum Gasteiger partial charge on any atom is 0.223 e. The molecule has 4 nitrogen and oxygen atoms in total. The first-order valence-corrected chi connectivity index (χ1v) is 6.22. The fourth-order valence-corrected chi connectivity index (χ4v) is 2.38. The molecule has 0 aromatic carbocycles. The van der Waals surface area contributed by atoms with Crippen molar-refractivity contribution >= 4 is 5.91 Å². The van der Waals surface area contributed by atoms with Crippen LogP contribution in [0.1, 0.15) is 37.3 Å². The molecule has 2 N–H and O–H groups in total. The van der Waals surface area contributed by atoms with Gasteiger partial charge in [0.2, 0.25) is 5.91 Å². The summed E-state index contributed by atoms with van der Waals surface area (Å²) in [6.45, 7) is 1.44. The highest BCUT2D eigenvalue weighted by Crippen LogP contribution is 2.31. The Morgan fingerprint density at radius 1 is 1.59 bits per heavy atom. The molecule has 0 saturated carbocycles. The maximum absolute atomic E-state index is 12.0. The van der Waals surface area contributed by atoms with Gasteiger partial charge in [0, 0.05) is 25.4 Å². The lowest BCUT2D eigenvalue weighted by Gasteiger charge is -2.24. The zero-order valence-corrected chi connectivity index (χ0v) is 10.0. The number of carbonyl (C=O) groups is 1. The van der Waals surface area contributed by atoms with Gasteiger partial charge in [0.05, 0.1) is 6.04 Å². The molecule has 1 aromatic rings. The average molecular weight is 233 g/mol. The third-order valence-corrected chi connectivity index (χ3v) is 3.24. The van der Waals surface area contributed by atoms with Crippen LogP contribution >= 0.6 is 0 Å². The van der Waals surface area contributed by atoms with Crippen LogP contribution < -0.4 is 5.73 Å². The van der Waals surface area contributed by atoms with Crippen LogP contribution in [0.2, 0.25) is 0 Å². The van der Waals surface area contributed by atoms with Gasteiger partial charge in [-0.3, -0.25) is 9.78 Å². The number of rotatable bonds is 4. The summed E-state index contributed by atoms with van der Waals surface area (Å²) in [7, 11) is 0. The van der Waals surface area contributed by atoms with E-state index < -0.39 is 0 Å². The smallest absolute Gasteiger partial charge is 0.223 e. The first-order chi connectivity index (χ1) is 8.33. The van der Waals surface area contributed by atoms with E-state index in [4.69, 9.17) is 5.73 Å². The number of hydrogen-bond donors (Lipinski definition) is 1. The molecular formula is C13H19N3O. The quantitative estimate of drug-likeness (QED) is 0.857. The van der Waals surface area contributed by atoms with Crippen LogP contribution in [0.15, 0.2) is 24.5 Å². The second kappa shape index (κ2) is 5.77. The molecule has 92 valence electrons. The number of hydrogen-bond acceptors (Lipinski definition) is 3. The average Bonchev–Trinajstić information content (AvgIpc) is 2.86. The number of likely N-dealkylation sites (tertiary alicyclic amines) is 1. The molecule has 1 saturated heterocycles. The molecule has 1 aliphatic rings. The van der Waals surface area contributed by atoms with Gasteiger partial charge < -0.3 is 10.6 Å². The van der Waals surface area contributed by atoms with Crippen LogP contribution in [0.25, 0.3) is 0 Å². The minimum Gasteiger partial charge on any atom is -0.336 e. The lowest BCUT2D eigenvalue weighted by atomic mass is 10.1. The Balaban J connectivity index is 2.05. The summed E-state index contributed by atoms with van der Waals surface area (Å²) in [5.41, 5.74) is 6.59. The van der Waals surface area contributed by atoms with E-state index >= 15 is 0 Å². The molecule has 0 bridgehead atoms. The van der Waals surface area contributed by atoms with Crippen LogP contribution in [-0.4, -0.2) is 28.9 Å². The molecule has 2 heterocycles. The summed E-state index contributed by atoms with van der Waals surface area (Å²) in [6.07, 6.45) is 7.08. The molecule has 1 fully saturated rings. The summed E-state index contributed by atoms with van der Waals surface area (Å²) >= 11 is 0. The highest BCUT2D eigenvalue weighted by atomic mass is 16.2. The Labute approximate surface area is 102 Å². The fourth-order valence-electron chi connectivity index (χ4n) is 2.38. The van der Waals surface area contributed by atoms with E-state index in [1.54, 1.807) is 6.20 Å². The van der Waals surface area contributed by atoms with E-state index in [-0.39, 0.29) is 11.9 Å². The zero-order chi connectivity index (χ0) is 12.1. The van der Waals surface area contributed by atoms with E-state index in [9.17, 15) is 4.79 Å². The number of nitrogens with zero attached hydrogens (tertiary/aromatic N) is 2. The van der Waals surface area contributed by atoms with Gasteiger partial charge in [-0.15, -0.1) is 0 Å². The highest BCUT2D eigenvalue weighted by molar-refractivity contribution is 5.77. The predicted octanol–water partition coefficient (Wildman–Crippen LogP) is 1.48. The molecule has 17 heavy (non-hydrogen) atoms. The summed E-state index contributed by atoms with van der Waals surface area (Å²) in [5, 5.41) is 0. The fraction of sp³-hybridized carbons (Fsp3) is 0.538. The Kier molecular flexibility index (Phi) is 4.09. The van der Waals surface area contributed by atoms with Crippen LogP contribution in [0.4, 0.5) is 0 Å². The van der Waals surface area contributed by atoms with Gasteiger partial charge in [-0.2, -0.15) is 0 Å².